The summed E-state index contributed by atoms with van der Waals surface area (Å²) in [7, 11) is 0. The van der Waals surface area contributed by atoms with Gasteiger partial charge in [-0.3, -0.25) is 0 Å². The van der Waals surface area contributed by atoms with Gasteiger partial charge < -0.3 is 4.74 Å². The highest BCUT2D eigenvalue weighted by Crippen LogP contribution is 2.34. The summed E-state index contributed by atoms with van der Waals surface area (Å²) in [5.74, 6) is 0.587. The summed E-state index contributed by atoms with van der Waals surface area (Å²) in [5.41, 5.74) is 1.67. The van der Waals surface area contributed by atoms with Crippen molar-refractivity contribution in [3.05, 3.63) is 61.5 Å². The molecule has 0 radical (unpaired) electrons. The lowest BCUT2D eigenvalue weighted by Crippen LogP contribution is -1.99. The van der Waals surface area contributed by atoms with Crippen molar-refractivity contribution in [1.29, 1.82) is 0 Å². The van der Waals surface area contributed by atoms with Gasteiger partial charge in [0.1, 0.15) is 12.4 Å². The number of hydrogen-bond acceptors (Lipinski definition) is 1. The summed E-state index contributed by atoms with van der Waals surface area (Å²) in [6.07, 6.45) is 0. The molecule has 0 fully saturated rings. The van der Waals surface area contributed by atoms with Gasteiger partial charge in [0.25, 0.3) is 0 Å². The summed E-state index contributed by atoms with van der Waals surface area (Å²) >= 11 is 27.6. The first-order valence-electron chi connectivity index (χ1n) is 5.62. The van der Waals surface area contributed by atoms with E-state index in [1.54, 1.807) is 30.3 Å². The Morgan fingerprint density at radius 1 is 0.850 bits per heavy atom. The van der Waals surface area contributed by atoms with Gasteiger partial charge >= 0.3 is 0 Å². The van der Waals surface area contributed by atoms with Crippen molar-refractivity contribution in [1.82, 2.24) is 0 Å². The first-order valence-corrected chi connectivity index (χ1v) is 8.25. The Morgan fingerprint density at radius 2 is 1.55 bits per heavy atom. The SMILES string of the molecule is Clc1ccc(Cl)c(COc2c(Cl)cc(Cl)cc2CBr)c1. The van der Waals surface area contributed by atoms with Crippen LogP contribution in [-0.4, -0.2) is 0 Å². The van der Waals surface area contributed by atoms with E-state index in [0.717, 1.165) is 11.1 Å². The fraction of sp³-hybridized carbons (Fsp3) is 0.143. The van der Waals surface area contributed by atoms with Crippen molar-refractivity contribution in [3.8, 4) is 5.75 Å². The molecule has 20 heavy (non-hydrogen) atoms. The van der Waals surface area contributed by atoms with Crippen molar-refractivity contribution in [2.75, 3.05) is 0 Å². The van der Waals surface area contributed by atoms with Gasteiger partial charge in [0.05, 0.1) is 5.02 Å². The number of rotatable bonds is 4. The van der Waals surface area contributed by atoms with E-state index in [1.807, 2.05) is 0 Å². The molecular formula is C14H9BrCl4O. The smallest absolute Gasteiger partial charge is 0.142 e. The quantitative estimate of drug-likeness (QED) is 0.501. The minimum Gasteiger partial charge on any atom is -0.487 e. The predicted octanol–water partition coefficient (Wildman–Crippen LogP) is 6.77. The van der Waals surface area contributed by atoms with E-state index in [2.05, 4.69) is 15.9 Å². The molecule has 2 rings (SSSR count). The molecule has 0 aromatic heterocycles. The lowest BCUT2D eigenvalue weighted by atomic mass is 10.2. The number of hydrogen-bond donors (Lipinski definition) is 0. The highest BCUT2D eigenvalue weighted by molar-refractivity contribution is 9.08. The first kappa shape index (κ1) is 16.3. The Kier molecular flexibility index (Phi) is 5.88. The summed E-state index contributed by atoms with van der Waals surface area (Å²) in [5, 5.41) is 2.82. The monoisotopic (exact) mass is 412 g/mol. The van der Waals surface area contributed by atoms with E-state index in [-0.39, 0.29) is 6.61 Å². The molecule has 106 valence electrons. The largest absolute Gasteiger partial charge is 0.487 e. The van der Waals surface area contributed by atoms with E-state index >= 15 is 0 Å². The molecule has 0 atom stereocenters. The van der Waals surface area contributed by atoms with Crippen LogP contribution in [0.15, 0.2) is 30.3 Å². The van der Waals surface area contributed by atoms with Gasteiger partial charge in [-0.1, -0.05) is 62.3 Å². The average Bonchev–Trinajstić information content (AvgIpc) is 2.40. The second-order valence-electron chi connectivity index (χ2n) is 4.03. The third-order valence-corrected chi connectivity index (χ3v) is 4.32. The molecule has 2 aromatic rings. The van der Waals surface area contributed by atoms with E-state index < -0.39 is 0 Å². The van der Waals surface area contributed by atoms with Gasteiger partial charge in [0, 0.05) is 31.5 Å². The molecule has 2 aromatic carbocycles. The first-order chi connectivity index (χ1) is 9.51. The average molecular weight is 415 g/mol. The molecule has 0 aliphatic rings. The number of benzene rings is 2. The van der Waals surface area contributed by atoms with Crippen LogP contribution in [0.5, 0.6) is 5.75 Å². The van der Waals surface area contributed by atoms with Crippen LogP contribution in [0, 0.1) is 0 Å². The van der Waals surface area contributed by atoms with Crippen LogP contribution in [0.25, 0.3) is 0 Å². The van der Waals surface area contributed by atoms with Crippen LogP contribution in [0.2, 0.25) is 20.1 Å². The molecular weight excluding hydrogens is 406 g/mol. The van der Waals surface area contributed by atoms with Crippen molar-refractivity contribution in [3.63, 3.8) is 0 Å². The molecule has 6 heteroatoms. The third kappa shape index (κ3) is 3.96. The fourth-order valence-electron chi connectivity index (χ4n) is 1.68. The molecule has 1 nitrogen and oxygen atoms in total. The molecule has 0 aliphatic carbocycles. The maximum atomic E-state index is 6.16. The van der Waals surface area contributed by atoms with Crippen molar-refractivity contribution in [2.24, 2.45) is 0 Å². The predicted molar refractivity (Wildman–Crippen MR) is 89.9 cm³/mol. The van der Waals surface area contributed by atoms with Gasteiger partial charge in [-0.15, -0.1) is 0 Å². The maximum absolute atomic E-state index is 6.16. The summed E-state index contributed by atoms with van der Waals surface area (Å²) in [6, 6.07) is 8.67. The minimum atomic E-state index is 0.279. The van der Waals surface area contributed by atoms with Crippen LogP contribution in [0.3, 0.4) is 0 Å². The highest BCUT2D eigenvalue weighted by atomic mass is 79.9. The Morgan fingerprint density at radius 3 is 2.25 bits per heavy atom. The van der Waals surface area contributed by atoms with Crippen LogP contribution >= 0.6 is 62.3 Å². The number of halogens is 5. The Bertz CT molecular complexity index is 631. The zero-order chi connectivity index (χ0) is 14.7. The topological polar surface area (TPSA) is 9.23 Å². The molecule has 0 spiro atoms. The number of ether oxygens (including phenoxy) is 1. The van der Waals surface area contributed by atoms with E-state index in [4.69, 9.17) is 51.1 Å². The van der Waals surface area contributed by atoms with Gasteiger partial charge in [-0.2, -0.15) is 0 Å². The lowest BCUT2D eigenvalue weighted by Gasteiger charge is -2.13. The van der Waals surface area contributed by atoms with E-state index in [0.29, 0.717) is 31.2 Å². The van der Waals surface area contributed by atoms with Crippen molar-refractivity contribution < 1.29 is 4.74 Å². The van der Waals surface area contributed by atoms with Crippen LogP contribution in [-0.2, 0) is 11.9 Å². The standard InChI is InChI=1S/C14H9BrCl4O/c15-6-8-3-11(17)5-13(19)14(8)20-7-9-4-10(16)1-2-12(9)18/h1-5H,6-7H2. The second-order valence-corrected chi connectivity index (χ2v) is 6.28. The third-order valence-electron chi connectivity index (χ3n) is 2.61. The summed E-state index contributed by atoms with van der Waals surface area (Å²) < 4.78 is 5.77. The molecule has 0 amide bonds. The fourth-order valence-corrected chi connectivity index (χ4v) is 3.05. The van der Waals surface area contributed by atoms with Gasteiger partial charge in [0.15, 0.2) is 0 Å². The van der Waals surface area contributed by atoms with Crippen LogP contribution < -0.4 is 4.74 Å². The maximum Gasteiger partial charge on any atom is 0.142 e. The lowest BCUT2D eigenvalue weighted by molar-refractivity contribution is 0.304. The molecule has 0 saturated heterocycles. The molecule has 0 bridgehead atoms. The summed E-state index contributed by atoms with van der Waals surface area (Å²) in [6.45, 7) is 0.279. The molecule has 0 saturated carbocycles. The Balaban J connectivity index is 2.25. The minimum absolute atomic E-state index is 0.279. The van der Waals surface area contributed by atoms with Gasteiger partial charge in [0.2, 0.25) is 0 Å². The Labute approximate surface area is 145 Å². The molecule has 0 N–H and O–H groups in total. The summed E-state index contributed by atoms with van der Waals surface area (Å²) in [4.78, 5) is 0. The normalized spacial score (nSPS) is 10.7. The molecule has 0 aliphatic heterocycles. The highest BCUT2D eigenvalue weighted by Gasteiger charge is 2.11. The number of alkyl halides is 1. The van der Waals surface area contributed by atoms with Gasteiger partial charge in [-0.25, -0.2) is 0 Å². The van der Waals surface area contributed by atoms with Crippen LogP contribution in [0.4, 0.5) is 0 Å². The van der Waals surface area contributed by atoms with Crippen molar-refractivity contribution in [2.45, 2.75) is 11.9 Å². The van der Waals surface area contributed by atoms with E-state index in [9.17, 15) is 0 Å². The second kappa shape index (κ2) is 7.24. The van der Waals surface area contributed by atoms with Crippen LogP contribution in [0.1, 0.15) is 11.1 Å². The molecule has 0 unspecified atom stereocenters. The zero-order valence-electron chi connectivity index (χ0n) is 10.1. The Hall–Kier alpha value is -0.120. The van der Waals surface area contributed by atoms with Gasteiger partial charge in [-0.05, 0) is 30.3 Å². The molecule has 0 heterocycles. The van der Waals surface area contributed by atoms with E-state index in [1.165, 1.54) is 0 Å². The van der Waals surface area contributed by atoms with Crippen molar-refractivity contribution >= 4 is 62.3 Å². The zero-order valence-corrected chi connectivity index (χ0v) is 14.7.